The first kappa shape index (κ1) is 10.7. The minimum atomic E-state index is -0.324. The third-order valence-corrected chi connectivity index (χ3v) is 2.13. The smallest absolute Gasteiger partial charge is 0.337 e. The standard InChI is InChI=1S/C11H14O3/c1-8(13-2)9-5-4-6-10(7-9)11(12)14-3/h4-8H,1-3H3. The van der Waals surface area contributed by atoms with Crippen molar-refractivity contribution in [3.8, 4) is 0 Å². The Hall–Kier alpha value is -1.35. The molecule has 1 aromatic carbocycles. The number of hydrogen-bond acceptors (Lipinski definition) is 3. The van der Waals surface area contributed by atoms with E-state index in [1.165, 1.54) is 7.11 Å². The summed E-state index contributed by atoms with van der Waals surface area (Å²) in [5, 5.41) is 0. The second-order valence-electron chi connectivity index (χ2n) is 2.99. The van der Waals surface area contributed by atoms with E-state index in [1.807, 2.05) is 19.1 Å². The van der Waals surface area contributed by atoms with Gasteiger partial charge >= 0.3 is 5.97 Å². The number of methoxy groups -OCH3 is 2. The second-order valence-corrected chi connectivity index (χ2v) is 2.99. The maximum absolute atomic E-state index is 11.2. The fourth-order valence-electron chi connectivity index (χ4n) is 1.17. The molecule has 0 N–H and O–H groups in total. The first-order valence-corrected chi connectivity index (χ1v) is 4.40. The highest BCUT2D eigenvalue weighted by atomic mass is 16.5. The predicted molar refractivity (Wildman–Crippen MR) is 53.2 cm³/mol. The van der Waals surface area contributed by atoms with Gasteiger partial charge < -0.3 is 9.47 Å². The van der Waals surface area contributed by atoms with E-state index >= 15 is 0 Å². The summed E-state index contributed by atoms with van der Waals surface area (Å²) in [7, 11) is 3.00. The lowest BCUT2D eigenvalue weighted by molar-refractivity contribution is 0.0600. The van der Waals surface area contributed by atoms with Gasteiger partial charge in [-0.3, -0.25) is 0 Å². The zero-order chi connectivity index (χ0) is 10.6. The highest BCUT2D eigenvalue weighted by Crippen LogP contribution is 2.17. The highest BCUT2D eigenvalue weighted by molar-refractivity contribution is 5.89. The van der Waals surface area contributed by atoms with Crippen LogP contribution in [0, 0.1) is 0 Å². The van der Waals surface area contributed by atoms with Crippen molar-refractivity contribution in [3.63, 3.8) is 0 Å². The van der Waals surface area contributed by atoms with Gasteiger partial charge in [0.15, 0.2) is 0 Å². The zero-order valence-electron chi connectivity index (χ0n) is 8.61. The minimum Gasteiger partial charge on any atom is -0.465 e. The molecular formula is C11H14O3. The molecule has 76 valence electrons. The normalized spacial score (nSPS) is 12.2. The third-order valence-electron chi connectivity index (χ3n) is 2.13. The van der Waals surface area contributed by atoms with Crippen molar-refractivity contribution in [2.24, 2.45) is 0 Å². The second kappa shape index (κ2) is 4.77. The Labute approximate surface area is 83.6 Å². The van der Waals surface area contributed by atoms with Gasteiger partial charge in [-0.1, -0.05) is 12.1 Å². The molecule has 1 rings (SSSR count). The van der Waals surface area contributed by atoms with E-state index in [2.05, 4.69) is 4.74 Å². The number of carbonyl (C=O) groups excluding carboxylic acids is 1. The van der Waals surface area contributed by atoms with Crippen LogP contribution in [-0.2, 0) is 9.47 Å². The fraction of sp³-hybridized carbons (Fsp3) is 0.364. The molecule has 1 unspecified atom stereocenters. The van der Waals surface area contributed by atoms with Gasteiger partial charge in [0.2, 0.25) is 0 Å². The van der Waals surface area contributed by atoms with Crippen molar-refractivity contribution in [2.75, 3.05) is 14.2 Å². The quantitative estimate of drug-likeness (QED) is 0.692. The van der Waals surface area contributed by atoms with E-state index in [4.69, 9.17) is 4.74 Å². The van der Waals surface area contributed by atoms with E-state index in [0.29, 0.717) is 5.56 Å². The van der Waals surface area contributed by atoms with Crippen LogP contribution in [0.2, 0.25) is 0 Å². The van der Waals surface area contributed by atoms with Crippen LogP contribution in [0.3, 0.4) is 0 Å². The molecule has 0 radical (unpaired) electrons. The Bertz CT molecular complexity index is 320. The van der Waals surface area contributed by atoms with Crippen LogP contribution in [0.1, 0.15) is 28.9 Å². The van der Waals surface area contributed by atoms with Crippen LogP contribution >= 0.6 is 0 Å². The summed E-state index contributed by atoms with van der Waals surface area (Å²) in [5.41, 5.74) is 1.52. The predicted octanol–water partition coefficient (Wildman–Crippen LogP) is 2.18. The number of hydrogen-bond donors (Lipinski definition) is 0. The maximum Gasteiger partial charge on any atom is 0.337 e. The number of benzene rings is 1. The molecular weight excluding hydrogens is 180 g/mol. The van der Waals surface area contributed by atoms with Crippen LogP contribution in [0.4, 0.5) is 0 Å². The maximum atomic E-state index is 11.2. The monoisotopic (exact) mass is 194 g/mol. The fourth-order valence-corrected chi connectivity index (χ4v) is 1.17. The van der Waals surface area contributed by atoms with Crippen molar-refractivity contribution in [3.05, 3.63) is 35.4 Å². The largest absolute Gasteiger partial charge is 0.465 e. The average Bonchev–Trinajstić information content (AvgIpc) is 2.27. The first-order chi connectivity index (χ1) is 6.69. The summed E-state index contributed by atoms with van der Waals surface area (Å²) in [4.78, 5) is 11.2. The van der Waals surface area contributed by atoms with E-state index in [9.17, 15) is 4.79 Å². The van der Waals surface area contributed by atoms with Gasteiger partial charge in [-0.15, -0.1) is 0 Å². The topological polar surface area (TPSA) is 35.5 Å². The summed E-state index contributed by atoms with van der Waals surface area (Å²) < 4.78 is 9.78. The van der Waals surface area contributed by atoms with Crippen molar-refractivity contribution < 1.29 is 14.3 Å². The van der Waals surface area contributed by atoms with Crippen LogP contribution in [-0.4, -0.2) is 20.2 Å². The van der Waals surface area contributed by atoms with Crippen LogP contribution in [0.25, 0.3) is 0 Å². The van der Waals surface area contributed by atoms with Crippen molar-refractivity contribution >= 4 is 5.97 Å². The number of carbonyl (C=O) groups is 1. The molecule has 0 aromatic heterocycles. The summed E-state index contributed by atoms with van der Waals surface area (Å²) >= 11 is 0. The molecule has 0 bridgehead atoms. The van der Waals surface area contributed by atoms with Gasteiger partial charge in [0, 0.05) is 7.11 Å². The lowest BCUT2D eigenvalue weighted by Crippen LogP contribution is -2.03. The summed E-state index contributed by atoms with van der Waals surface area (Å²) in [6.07, 6.45) is -0.0143. The van der Waals surface area contributed by atoms with E-state index < -0.39 is 0 Å². The Balaban J connectivity index is 2.95. The Kier molecular flexibility index (Phi) is 3.65. The van der Waals surface area contributed by atoms with Gasteiger partial charge in [-0.05, 0) is 24.6 Å². The molecule has 0 saturated carbocycles. The van der Waals surface area contributed by atoms with Gasteiger partial charge in [-0.2, -0.15) is 0 Å². The molecule has 0 heterocycles. The van der Waals surface area contributed by atoms with E-state index in [1.54, 1.807) is 19.2 Å². The summed E-state index contributed by atoms with van der Waals surface area (Å²) in [6, 6.07) is 7.23. The number of ether oxygens (including phenoxy) is 2. The molecule has 0 spiro atoms. The van der Waals surface area contributed by atoms with Crippen molar-refractivity contribution in [1.29, 1.82) is 0 Å². The number of rotatable bonds is 3. The lowest BCUT2D eigenvalue weighted by atomic mass is 10.1. The van der Waals surface area contributed by atoms with Crippen molar-refractivity contribution in [1.82, 2.24) is 0 Å². The lowest BCUT2D eigenvalue weighted by Gasteiger charge is -2.10. The molecule has 0 aliphatic carbocycles. The molecule has 14 heavy (non-hydrogen) atoms. The Morgan fingerprint density at radius 1 is 1.36 bits per heavy atom. The molecule has 1 atom stereocenters. The van der Waals surface area contributed by atoms with Gasteiger partial charge in [0.05, 0.1) is 18.8 Å². The molecule has 0 aliphatic rings. The number of esters is 1. The van der Waals surface area contributed by atoms with Crippen molar-refractivity contribution in [2.45, 2.75) is 13.0 Å². The molecule has 0 saturated heterocycles. The molecule has 0 aliphatic heterocycles. The molecule has 3 nitrogen and oxygen atoms in total. The van der Waals surface area contributed by atoms with Gasteiger partial charge in [0.1, 0.15) is 0 Å². The molecule has 0 fully saturated rings. The first-order valence-electron chi connectivity index (χ1n) is 4.40. The van der Waals surface area contributed by atoms with Crippen LogP contribution < -0.4 is 0 Å². The van der Waals surface area contributed by atoms with Gasteiger partial charge in [0.25, 0.3) is 0 Å². The summed E-state index contributed by atoms with van der Waals surface area (Å²) in [6.45, 7) is 1.93. The highest BCUT2D eigenvalue weighted by Gasteiger charge is 2.08. The van der Waals surface area contributed by atoms with Crippen LogP contribution in [0.5, 0.6) is 0 Å². The molecule has 3 heteroatoms. The SMILES string of the molecule is COC(=O)c1cccc(C(C)OC)c1. The Morgan fingerprint density at radius 2 is 2.07 bits per heavy atom. The molecule has 0 amide bonds. The third kappa shape index (κ3) is 2.33. The minimum absolute atomic E-state index is 0.0143. The average molecular weight is 194 g/mol. The van der Waals surface area contributed by atoms with Gasteiger partial charge in [-0.25, -0.2) is 4.79 Å². The summed E-state index contributed by atoms with van der Waals surface area (Å²) in [5.74, 6) is -0.324. The van der Waals surface area contributed by atoms with E-state index in [-0.39, 0.29) is 12.1 Å². The Morgan fingerprint density at radius 3 is 2.64 bits per heavy atom. The van der Waals surface area contributed by atoms with E-state index in [0.717, 1.165) is 5.56 Å². The van der Waals surface area contributed by atoms with Crippen LogP contribution in [0.15, 0.2) is 24.3 Å². The zero-order valence-corrected chi connectivity index (χ0v) is 8.61. The molecule has 1 aromatic rings.